The molecule has 0 atom stereocenters. The molecular formula is C16H11N3. The Morgan fingerprint density at radius 1 is 0.895 bits per heavy atom. The molecule has 0 spiro atoms. The number of anilines is 2. The molecule has 2 aromatic carbocycles. The lowest BCUT2D eigenvalue weighted by Crippen LogP contribution is -1.96. The minimum atomic E-state index is 0.399. The number of pyridine rings is 1. The highest BCUT2D eigenvalue weighted by Crippen LogP contribution is 2.26. The second-order valence-electron chi connectivity index (χ2n) is 4.16. The van der Waals surface area contributed by atoms with Crippen LogP contribution in [0.15, 0.2) is 60.8 Å². The van der Waals surface area contributed by atoms with Crippen molar-refractivity contribution < 1.29 is 0 Å². The van der Waals surface area contributed by atoms with Crippen molar-refractivity contribution >= 4 is 22.1 Å². The van der Waals surface area contributed by atoms with Crippen LogP contribution in [0.3, 0.4) is 0 Å². The zero-order valence-electron chi connectivity index (χ0n) is 10.2. The van der Waals surface area contributed by atoms with Crippen molar-refractivity contribution in [1.82, 2.24) is 4.98 Å². The SMILES string of the molecule is N#Cc1ncccc1Nc1cccc2ccccc12. The highest BCUT2D eigenvalue weighted by Gasteiger charge is 2.04. The second kappa shape index (κ2) is 4.79. The number of nitriles is 1. The predicted octanol–water partition coefficient (Wildman–Crippen LogP) is 3.85. The Hall–Kier alpha value is -2.86. The normalized spacial score (nSPS) is 10.1. The van der Waals surface area contributed by atoms with Crippen molar-refractivity contribution in [3.63, 3.8) is 0 Å². The molecule has 0 aliphatic heterocycles. The van der Waals surface area contributed by atoms with Crippen LogP contribution < -0.4 is 5.32 Å². The first-order valence-corrected chi connectivity index (χ1v) is 5.98. The maximum atomic E-state index is 9.06. The Balaban J connectivity index is 2.09. The monoisotopic (exact) mass is 245 g/mol. The molecule has 19 heavy (non-hydrogen) atoms. The van der Waals surface area contributed by atoms with Gasteiger partial charge in [0.15, 0.2) is 5.69 Å². The largest absolute Gasteiger partial charge is 0.353 e. The smallest absolute Gasteiger partial charge is 0.163 e. The van der Waals surface area contributed by atoms with Gasteiger partial charge in [0.25, 0.3) is 0 Å². The molecule has 0 radical (unpaired) electrons. The minimum Gasteiger partial charge on any atom is -0.353 e. The molecular weight excluding hydrogens is 234 g/mol. The lowest BCUT2D eigenvalue weighted by atomic mass is 10.1. The Morgan fingerprint density at radius 2 is 1.68 bits per heavy atom. The average molecular weight is 245 g/mol. The maximum absolute atomic E-state index is 9.06. The van der Waals surface area contributed by atoms with Crippen LogP contribution in [0.1, 0.15) is 5.69 Å². The van der Waals surface area contributed by atoms with Crippen molar-refractivity contribution in [1.29, 1.82) is 5.26 Å². The van der Waals surface area contributed by atoms with E-state index in [4.69, 9.17) is 5.26 Å². The third-order valence-electron chi connectivity index (χ3n) is 2.97. The summed E-state index contributed by atoms with van der Waals surface area (Å²) in [6.45, 7) is 0. The van der Waals surface area contributed by atoms with Crippen LogP contribution in [0.2, 0.25) is 0 Å². The molecule has 0 unspecified atom stereocenters. The number of hydrogen-bond acceptors (Lipinski definition) is 3. The van der Waals surface area contributed by atoms with Crippen LogP contribution in [-0.4, -0.2) is 4.98 Å². The first-order valence-electron chi connectivity index (χ1n) is 5.98. The third-order valence-corrected chi connectivity index (χ3v) is 2.97. The molecule has 3 nitrogen and oxygen atoms in total. The van der Waals surface area contributed by atoms with Gasteiger partial charge in [-0.1, -0.05) is 36.4 Å². The molecule has 0 aliphatic rings. The van der Waals surface area contributed by atoms with Crippen molar-refractivity contribution in [2.75, 3.05) is 5.32 Å². The van der Waals surface area contributed by atoms with Gasteiger partial charge in [0.1, 0.15) is 6.07 Å². The van der Waals surface area contributed by atoms with E-state index in [1.807, 2.05) is 36.4 Å². The molecule has 3 aromatic rings. The molecule has 0 aliphatic carbocycles. The van der Waals surface area contributed by atoms with Gasteiger partial charge in [-0.3, -0.25) is 0 Å². The third kappa shape index (κ3) is 2.12. The van der Waals surface area contributed by atoms with Gasteiger partial charge in [0.2, 0.25) is 0 Å². The van der Waals surface area contributed by atoms with Crippen molar-refractivity contribution in [2.45, 2.75) is 0 Å². The number of aromatic nitrogens is 1. The minimum absolute atomic E-state index is 0.399. The molecule has 90 valence electrons. The summed E-state index contributed by atoms with van der Waals surface area (Å²) in [6.07, 6.45) is 1.62. The summed E-state index contributed by atoms with van der Waals surface area (Å²) in [4.78, 5) is 4.05. The fraction of sp³-hybridized carbons (Fsp3) is 0. The van der Waals surface area contributed by atoms with Crippen LogP contribution in [0.4, 0.5) is 11.4 Å². The van der Waals surface area contributed by atoms with Crippen molar-refractivity contribution in [2.24, 2.45) is 0 Å². The van der Waals surface area contributed by atoms with E-state index in [1.54, 1.807) is 6.20 Å². The molecule has 0 saturated heterocycles. The van der Waals surface area contributed by atoms with Gasteiger partial charge in [0.05, 0.1) is 5.69 Å². The summed E-state index contributed by atoms with van der Waals surface area (Å²) >= 11 is 0. The number of fused-ring (bicyclic) bond motifs is 1. The van der Waals surface area contributed by atoms with Gasteiger partial charge in [-0.2, -0.15) is 5.26 Å². The zero-order chi connectivity index (χ0) is 13.1. The predicted molar refractivity (Wildman–Crippen MR) is 76.2 cm³/mol. The van der Waals surface area contributed by atoms with Gasteiger partial charge in [-0.15, -0.1) is 0 Å². The molecule has 1 heterocycles. The summed E-state index contributed by atoms with van der Waals surface area (Å²) in [7, 11) is 0. The van der Waals surface area contributed by atoms with E-state index >= 15 is 0 Å². The van der Waals surface area contributed by atoms with E-state index in [-0.39, 0.29) is 0 Å². The van der Waals surface area contributed by atoms with Crippen LogP contribution in [0.5, 0.6) is 0 Å². The Labute approximate surface area is 111 Å². The molecule has 0 amide bonds. The van der Waals surface area contributed by atoms with Gasteiger partial charge < -0.3 is 5.32 Å². The quantitative estimate of drug-likeness (QED) is 0.746. The number of nitrogens with one attached hydrogen (secondary N) is 1. The summed E-state index contributed by atoms with van der Waals surface area (Å²) < 4.78 is 0. The van der Waals surface area contributed by atoms with Gasteiger partial charge >= 0.3 is 0 Å². The van der Waals surface area contributed by atoms with Crippen LogP contribution >= 0.6 is 0 Å². The summed E-state index contributed by atoms with van der Waals surface area (Å²) in [6, 6.07) is 19.9. The van der Waals surface area contributed by atoms with E-state index < -0.39 is 0 Å². The molecule has 1 N–H and O–H groups in total. The Morgan fingerprint density at radius 3 is 2.58 bits per heavy atom. The Bertz CT molecular complexity index is 767. The topological polar surface area (TPSA) is 48.7 Å². The van der Waals surface area contributed by atoms with Gasteiger partial charge in [0, 0.05) is 17.3 Å². The van der Waals surface area contributed by atoms with Crippen LogP contribution in [0, 0.1) is 11.3 Å². The lowest BCUT2D eigenvalue weighted by Gasteiger charge is -2.10. The van der Waals surface area contributed by atoms with E-state index in [9.17, 15) is 0 Å². The second-order valence-corrected chi connectivity index (χ2v) is 4.16. The van der Waals surface area contributed by atoms with E-state index in [1.165, 1.54) is 0 Å². The summed E-state index contributed by atoms with van der Waals surface area (Å²) in [5, 5.41) is 14.6. The Kier molecular flexibility index (Phi) is 2.83. The van der Waals surface area contributed by atoms with Gasteiger partial charge in [-0.05, 0) is 23.6 Å². The summed E-state index contributed by atoms with van der Waals surface area (Å²) in [5.41, 5.74) is 2.10. The van der Waals surface area contributed by atoms with E-state index in [2.05, 4.69) is 34.6 Å². The highest BCUT2D eigenvalue weighted by molar-refractivity contribution is 5.95. The fourth-order valence-electron chi connectivity index (χ4n) is 2.07. The highest BCUT2D eigenvalue weighted by atomic mass is 14.9. The molecule has 0 fully saturated rings. The average Bonchev–Trinajstić information content (AvgIpc) is 2.48. The zero-order valence-corrected chi connectivity index (χ0v) is 10.2. The number of hydrogen-bond donors (Lipinski definition) is 1. The number of nitrogens with zero attached hydrogens (tertiary/aromatic N) is 2. The molecule has 0 saturated carbocycles. The van der Waals surface area contributed by atoms with E-state index in [0.29, 0.717) is 5.69 Å². The standard InChI is InChI=1S/C16H11N3/c17-11-16-15(9-4-10-18-16)19-14-8-3-6-12-5-1-2-7-13(12)14/h1-10,19H. The lowest BCUT2D eigenvalue weighted by molar-refractivity contribution is 1.26. The number of benzene rings is 2. The maximum Gasteiger partial charge on any atom is 0.163 e. The molecule has 3 heteroatoms. The van der Waals surface area contributed by atoms with E-state index in [0.717, 1.165) is 22.1 Å². The molecule has 3 rings (SSSR count). The molecule has 1 aromatic heterocycles. The molecule has 0 bridgehead atoms. The van der Waals surface area contributed by atoms with Gasteiger partial charge in [-0.25, -0.2) is 4.98 Å². The van der Waals surface area contributed by atoms with Crippen LogP contribution in [-0.2, 0) is 0 Å². The fourth-order valence-corrected chi connectivity index (χ4v) is 2.07. The van der Waals surface area contributed by atoms with Crippen molar-refractivity contribution in [3.8, 4) is 6.07 Å². The number of rotatable bonds is 2. The van der Waals surface area contributed by atoms with Crippen molar-refractivity contribution in [3.05, 3.63) is 66.5 Å². The summed E-state index contributed by atoms with van der Waals surface area (Å²) in [5.74, 6) is 0. The first-order chi connectivity index (χ1) is 9.38. The first kappa shape index (κ1) is 11.2. The van der Waals surface area contributed by atoms with Crippen LogP contribution in [0.25, 0.3) is 10.8 Å².